The molecule has 0 amide bonds. The Labute approximate surface area is 171 Å². The van der Waals surface area contributed by atoms with Crippen molar-refractivity contribution in [3.8, 4) is 0 Å². The molecule has 2 aromatic rings. The van der Waals surface area contributed by atoms with Crippen LogP contribution in [0.4, 0.5) is 0 Å². The number of rotatable bonds is 4. The van der Waals surface area contributed by atoms with Crippen molar-refractivity contribution < 1.29 is 15.2 Å². The van der Waals surface area contributed by atoms with Gasteiger partial charge < -0.3 is 16.3 Å². The fourth-order valence-corrected chi connectivity index (χ4v) is 2.73. The van der Waals surface area contributed by atoms with Crippen LogP contribution in [0.25, 0.3) is 0 Å². The van der Waals surface area contributed by atoms with Gasteiger partial charge in [-0.15, -0.1) is 0 Å². The third kappa shape index (κ3) is 6.27. The van der Waals surface area contributed by atoms with Gasteiger partial charge in [0.1, 0.15) is 11.9 Å². The first-order chi connectivity index (χ1) is 13.7. The number of nitrogens with two attached hydrogens (primary N) is 1. The first-order valence-corrected chi connectivity index (χ1v) is 8.99. The molecule has 0 bridgehead atoms. The van der Waals surface area contributed by atoms with E-state index in [2.05, 4.69) is 22.3 Å². The molecule has 7 nitrogen and oxygen atoms in total. The quantitative estimate of drug-likeness (QED) is 0.238. The molecule has 0 spiro atoms. The topological polar surface area (TPSA) is 121 Å². The van der Waals surface area contributed by atoms with E-state index >= 15 is 0 Å². The summed E-state index contributed by atoms with van der Waals surface area (Å²) in [6.45, 7) is 12.0. The van der Waals surface area contributed by atoms with Crippen LogP contribution in [0.2, 0.25) is 0 Å². The molecule has 29 heavy (non-hydrogen) atoms. The maximum absolute atomic E-state index is 11.4. The smallest absolute Gasteiger partial charge is 0.207 e. The first kappa shape index (κ1) is 23.6. The molecule has 0 heterocycles. The van der Waals surface area contributed by atoms with E-state index in [9.17, 15) is 4.79 Å². The number of nitrogens with zero attached hydrogens (tertiary/aromatic N) is 3. The molecule has 0 aliphatic carbocycles. The number of hydrogen-bond acceptors (Lipinski definition) is 7. The molecule has 154 valence electrons. The first-order valence-electron chi connectivity index (χ1n) is 8.99. The number of benzene rings is 2. The Hall–Kier alpha value is -3.48. The summed E-state index contributed by atoms with van der Waals surface area (Å²) < 4.78 is 0. The third-order valence-electron chi connectivity index (χ3n) is 4.93. The Morgan fingerprint density at radius 3 is 1.48 bits per heavy atom. The van der Waals surface area contributed by atoms with Gasteiger partial charge in [0, 0.05) is 11.1 Å². The van der Waals surface area contributed by atoms with Gasteiger partial charge in [-0.05, 0) is 99.2 Å². The molecule has 0 aromatic heterocycles. The summed E-state index contributed by atoms with van der Waals surface area (Å²) in [4.78, 5) is 11.4. The molecule has 2 aromatic carbocycles. The fraction of sp³-hybridized carbons (Fsp3) is 0.273. The third-order valence-corrected chi connectivity index (χ3v) is 4.93. The second-order valence-corrected chi connectivity index (χ2v) is 6.84. The SMILES string of the molecule is Cc1cc(C(/C=N/O)=N/N)cc(C)c1C.Cc1cc(C(=O)/C=N/O)cc(C)c1C. The summed E-state index contributed by atoms with van der Waals surface area (Å²) >= 11 is 0. The van der Waals surface area contributed by atoms with Crippen LogP contribution in [0, 0.1) is 41.5 Å². The largest absolute Gasteiger partial charge is 0.411 e. The molecule has 0 aliphatic rings. The van der Waals surface area contributed by atoms with Crippen LogP contribution in [0.3, 0.4) is 0 Å². The van der Waals surface area contributed by atoms with Gasteiger partial charge >= 0.3 is 0 Å². The van der Waals surface area contributed by atoms with Crippen molar-refractivity contribution in [3.63, 3.8) is 0 Å². The van der Waals surface area contributed by atoms with Gasteiger partial charge in [-0.3, -0.25) is 4.79 Å². The van der Waals surface area contributed by atoms with Gasteiger partial charge in [0.2, 0.25) is 5.78 Å². The molecule has 7 heteroatoms. The lowest BCUT2D eigenvalue weighted by Crippen LogP contribution is -2.07. The molecular formula is C22H28N4O3. The zero-order valence-corrected chi connectivity index (χ0v) is 17.7. The van der Waals surface area contributed by atoms with E-state index < -0.39 is 0 Å². The number of aryl methyl sites for hydroxylation is 4. The van der Waals surface area contributed by atoms with Crippen molar-refractivity contribution in [3.05, 3.63) is 68.8 Å². The van der Waals surface area contributed by atoms with Crippen molar-refractivity contribution in [2.24, 2.45) is 21.3 Å². The molecule has 2 rings (SSSR count). The van der Waals surface area contributed by atoms with Crippen LogP contribution in [0.5, 0.6) is 0 Å². The lowest BCUT2D eigenvalue weighted by atomic mass is 9.98. The number of oxime groups is 2. The lowest BCUT2D eigenvalue weighted by molar-refractivity contribution is 0.106. The van der Waals surface area contributed by atoms with Crippen molar-refractivity contribution in [2.75, 3.05) is 0 Å². The highest BCUT2D eigenvalue weighted by atomic mass is 16.4. The van der Waals surface area contributed by atoms with Crippen molar-refractivity contribution >= 4 is 23.9 Å². The summed E-state index contributed by atoms with van der Waals surface area (Å²) in [6.07, 6.45) is 2.13. The van der Waals surface area contributed by atoms with E-state index in [0.717, 1.165) is 34.0 Å². The monoisotopic (exact) mass is 396 g/mol. The van der Waals surface area contributed by atoms with Crippen molar-refractivity contribution in [1.29, 1.82) is 0 Å². The van der Waals surface area contributed by atoms with Gasteiger partial charge in [0.15, 0.2) is 0 Å². The Morgan fingerprint density at radius 2 is 1.14 bits per heavy atom. The summed E-state index contributed by atoms with van der Waals surface area (Å²) in [5, 5.41) is 25.9. The van der Waals surface area contributed by atoms with Crippen LogP contribution >= 0.6 is 0 Å². The van der Waals surface area contributed by atoms with E-state index in [1.807, 2.05) is 46.8 Å². The minimum absolute atomic E-state index is 0.279. The molecular weight excluding hydrogens is 368 g/mol. The van der Waals surface area contributed by atoms with Gasteiger partial charge in [0.05, 0.1) is 6.21 Å². The molecule has 0 unspecified atom stereocenters. The standard InChI is InChI=1S/C11H15N3O.C11H13NO2/c1-7-4-10(5-8(2)9(7)3)11(14-12)6-13-15;1-7-4-10(11(13)6-12-14)5-8(2)9(7)3/h4-6,15H,12H2,1-3H3;4-6,14H,1-3H3/b13-6+,14-11+;12-6+. The van der Waals surface area contributed by atoms with Crippen LogP contribution in [-0.4, -0.2) is 34.3 Å². The molecule has 0 saturated carbocycles. The second kappa shape index (κ2) is 10.8. The summed E-state index contributed by atoms with van der Waals surface area (Å²) in [7, 11) is 0. The highest BCUT2D eigenvalue weighted by Gasteiger charge is 2.07. The summed E-state index contributed by atoms with van der Waals surface area (Å²) in [5.41, 5.74) is 8.77. The maximum atomic E-state index is 11.4. The van der Waals surface area contributed by atoms with E-state index in [0.29, 0.717) is 11.3 Å². The molecule has 0 radical (unpaired) electrons. The van der Waals surface area contributed by atoms with Crippen LogP contribution in [0.15, 0.2) is 39.7 Å². The normalized spacial score (nSPS) is 11.6. The van der Waals surface area contributed by atoms with Gasteiger partial charge in [-0.2, -0.15) is 5.10 Å². The Morgan fingerprint density at radius 1 is 0.759 bits per heavy atom. The van der Waals surface area contributed by atoms with E-state index in [1.54, 1.807) is 12.1 Å². The summed E-state index contributed by atoms with van der Waals surface area (Å²) in [5.74, 6) is 4.94. The number of carbonyl (C=O) groups excluding carboxylic acids is 1. The van der Waals surface area contributed by atoms with Gasteiger partial charge in [0.25, 0.3) is 0 Å². The van der Waals surface area contributed by atoms with Crippen molar-refractivity contribution in [1.82, 2.24) is 0 Å². The maximum Gasteiger partial charge on any atom is 0.207 e. The van der Waals surface area contributed by atoms with E-state index in [-0.39, 0.29) is 5.78 Å². The number of ketones is 1. The Balaban J connectivity index is 0.000000291. The molecule has 0 fully saturated rings. The predicted molar refractivity (Wildman–Crippen MR) is 117 cm³/mol. The van der Waals surface area contributed by atoms with Gasteiger partial charge in [-0.1, -0.05) is 10.3 Å². The molecule has 0 saturated heterocycles. The zero-order valence-electron chi connectivity index (χ0n) is 17.7. The van der Waals surface area contributed by atoms with Crippen LogP contribution < -0.4 is 5.84 Å². The fourth-order valence-electron chi connectivity index (χ4n) is 2.73. The minimum atomic E-state index is -0.279. The van der Waals surface area contributed by atoms with Gasteiger partial charge in [-0.25, -0.2) is 0 Å². The average Bonchev–Trinajstić information content (AvgIpc) is 2.68. The predicted octanol–water partition coefficient (Wildman–Crippen LogP) is 3.99. The molecule has 4 N–H and O–H groups in total. The van der Waals surface area contributed by atoms with Crippen LogP contribution in [0.1, 0.15) is 49.3 Å². The Bertz CT molecular complexity index is 930. The number of Topliss-reactive ketones (excluding diaryl/α,β-unsaturated/α-hetero) is 1. The highest BCUT2D eigenvalue weighted by molar-refractivity contribution is 6.38. The second-order valence-electron chi connectivity index (χ2n) is 6.84. The zero-order chi connectivity index (χ0) is 22.1. The van der Waals surface area contributed by atoms with E-state index in [1.165, 1.54) is 17.3 Å². The van der Waals surface area contributed by atoms with E-state index in [4.69, 9.17) is 16.3 Å². The Kier molecular flexibility index (Phi) is 8.73. The lowest BCUT2D eigenvalue weighted by Gasteiger charge is -2.08. The average molecular weight is 396 g/mol. The molecule has 0 atom stereocenters. The van der Waals surface area contributed by atoms with Crippen LogP contribution in [-0.2, 0) is 0 Å². The number of hydrazone groups is 1. The summed E-state index contributed by atoms with van der Waals surface area (Å²) in [6, 6.07) is 7.53. The highest BCUT2D eigenvalue weighted by Crippen LogP contribution is 2.16. The number of hydrogen-bond donors (Lipinski definition) is 3. The number of carbonyl (C=O) groups is 1. The van der Waals surface area contributed by atoms with Crippen molar-refractivity contribution in [2.45, 2.75) is 41.5 Å². The molecule has 0 aliphatic heterocycles. The minimum Gasteiger partial charge on any atom is -0.411 e.